The van der Waals surface area contributed by atoms with E-state index >= 15 is 0 Å². The van der Waals surface area contributed by atoms with Crippen molar-refractivity contribution in [2.75, 3.05) is 26.6 Å². The van der Waals surface area contributed by atoms with Crippen molar-refractivity contribution in [2.45, 2.75) is 6.54 Å². The number of imidazole rings is 1. The van der Waals surface area contributed by atoms with Gasteiger partial charge in [0.1, 0.15) is 5.75 Å². The van der Waals surface area contributed by atoms with Crippen LogP contribution in [0.15, 0.2) is 36.5 Å². The van der Waals surface area contributed by atoms with E-state index in [0.717, 1.165) is 5.56 Å². The van der Waals surface area contributed by atoms with Crippen LogP contribution in [0.4, 0.5) is 11.6 Å². The van der Waals surface area contributed by atoms with Crippen molar-refractivity contribution in [3.05, 3.63) is 52.2 Å². The van der Waals surface area contributed by atoms with Gasteiger partial charge in [0.15, 0.2) is 11.5 Å². The third kappa shape index (κ3) is 3.06. The van der Waals surface area contributed by atoms with E-state index in [0.29, 0.717) is 22.9 Å². The maximum absolute atomic E-state index is 11.5. The minimum absolute atomic E-state index is 0.125. The van der Waals surface area contributed by atoms with Gasteiger partial charge in [-0.3, -0.25) is 0 Å². The highest BCUT2D eigenvalue weighted by molar-refractivity contribution is 5.62. The van der Waals surface area contributed by atoms with Crippen LogP contribution >= 0.6 is 0 Å². The molecule has 1 aromatic carbocycles. The molecule has 0 spiro atoms. The molecule has 26 heavy (non-hydrogen) atoms. The van der Waals surface area contributed by atoms with Crippen LogP contribution in [0.3, 0.4) is 0 Å². The third-order valence-corrected chi connectivity index (χ3v) is 3.91. The van der Waals surface area contributed by atoms with Gasteiger partial charge >= 0.3 is 5.82 Å². The molecule has 3 aromatic rings. The van der Waals surface area contributed by atoms with E-state index in [1.807, 2.05) is 0 Å². The highest BCUT2D eigenvalue weighted by Crippen LogP contribution is 2.35. The first-order valence-electron chi connectivity index (χ1n) is 7.73. The second kappa shape index (κ2) is 7.18. The second-order valence-corrected chi connectivity index (χ2v) is 5.34. The fraction of sp³-hybridized carbons (Fsp3) is 0.235. The van der Waals surface area contributed by atoms with Crippen molar-refractivity contribution in [3.8, 4) is 17.2 Å². The Balaban J connectivity index is 1.95. The largest absolute Gasteiger partial charge is 0.496 e. The van der Waals surface area contributed by atoms with Gasteiger partial charge < -0.3 is 29.6 Å². The number of fused-ring (bicyclic) bond motifs is 1. The van der Waals surface area contributed by atoms with Crippen LogP contribution in [-0.2, 0) is 6.54 Å². The maximum atomic E-state index is 11.5. The van der Waals surface area contributed by atoms with Gasteiger partial charge in [0.2, 0.25) is 11.5 Å². The molecule has 0 atom stereocenters. The van der Waals surface area contributed by atoms with Crippen LogP contribution in [-0.4, -0.2) is 35.6 Å². The Hall–Kier alpha value is -3.49. The van der Waals surface area contributed by atoms with Crippen molar-refractivity contribution in [2.24, 2.45) is 0 Å². The summed E-state index contributed by atoms with van der Waals surface area (Å²) in [5, 5.41) is 14.5. The first-order valence-corrected chi connectivity index (χ1v) is 7.73. The van der Waals surface area contributed by atoms with Crippen LogP contribution in [0.25, 0.3) is 5.65 Å². The smallest absolute Gasteiger partial charge is 0.372 e. The molecule has 2 heterocycles. The lowest BCUT2D eigenvalue weighted by Crippen LogP contribution is -2.05. The Morgan fingerprint density at radius 1 is 1.12 bits per heavy atom. The second-order valence-electron chi connectivity index (χ2n) is 5.34. The lowest BCUT2D eigenvalue weighted by atomic mass is 10.1. The fourth-order valence-electron chi connectivity index (χ4n) is 2.69. The van der Waals surface area contributed by atoms with Crippen LogP contribution in [0.5, 0.6) is 17.2 Å². The molecule has 0 radical (unpaired) electrons. The van der Waals surface area contributed by atoms with Gasteiger partial charge in [0.25, 0.3) is 0 Å². The topological polar surface area (TPSA) is 100 Å². The number of pyridine rings is 1. The molecule has 9 heteroatoms. The Bertz CT molecular complexity index is 954. The molecule has 1 N–H and O–H groups in total. The minimum atomic E-state index is -0.464. The van der Waals surface area contributed by atoms with Crippen molar-refractivity contribution >= 4 is 17.3 Å². The predicted octanol–water partition coefficient (Wildman–Crippen LogP) is 2.88. The SMILES string of the molecule is COc1cc(OC)c(OC)cc1CNc1nc2ccccn2c1[N+](=O)[O-]. The molecule has 0 saturated carbocycles. The number of anilines is 1. The summed E-state index contributed by atoms with van der Waals surface area (Å²) in [6.45, 7) is 0.258. The molecule has 0 saturated heterocycles. The number of nitrogens with zero attached hydrogens (tertiary/aromatic N) is 3. The average molecular weight is 358 g/mol. The summed E-state index contributed by atoms with van der Waals surface area (Å²) < 4.78 is 17.4. The number of nitrogens with one attached hydrogen (secondary N) is 1. The quantitative estimate of drug-likeness (QED) is 0.512. The van der Waals surface area contributed by atoms with E-state index in [4.69, 9.17) is 14.2 Å². The van der Waals surface area contributed by atoms with Gasteiger partial charge in [-0.05, 0) is 17.1 Å². The summed E-state index contributed by atoms with van der Waals surface area (Å²) in [6.07, 6.45) is 1.60. The standard InChI is InChI=1S/C17H18N4O5/c1-24-12-9-14(26-3)13(25-2)8-11(12)10-18-16-17(21(22)23)20-7-5-4-6-15(20)19-16/h4-9,18H,10H2,1-3H3. The Labute approximate surface area is 149 Å². The van der Waals surface area contributed by atoms with Gasteiger partial charge in [-0.1, -0.05) is 6.07 Å². The maximum Gasteiger partial charge on any atom is 0.372 e. The summed E-state index contributed by atoms with van der Waals surface area (Å²) in [4.78, 5) is 15.3. The average Bonchev–Trinajstić information content (AvgIpc) is 3.04. The Morgan fingerprint density at radius 3 is 2.46 bits per heavy atom. The summed E-state index contributed by atoms with van der Waals surface area (Å²) in [5.41, 5.74) is 1.23. The molecule has 0 bridgehead atoms. The highest BCUT2D eigenvalue weighted by Gasteiger charge is 2.22. The van der Waals surface area contributed by atoms with Gasteiger partial charge in [0.05, 0.1) is 27.5 Å². The fourth-order valence-corrected chi connectivity index (χ4v) is 2.69. The number of nitro groups is 1. The molecular formula is C17H18N4O5. The first-order chi connectivity index (χ1) is 12.6. The molecule has 2 aromatic heterocycles. The summed E-state index contributed by atoms with van der Waals surface area (Å²) >= 11 is 0. The number of benzene rings is 1. The highest BCUT2D eigenvalue weighted by atomic mass is 16.6. The molecule has 0 aliphatic rings. The molecule has 9 nitrogen and oxygen atoms in total. The molecule has 0 aliphatic carbocycles. The predicted molar refractivity (Wildman–Crippen MR) is 95.3 cm³/mol. The zero-order valence-electron chi connectivity index (χ0n) is 14.6. The van der Waals surface area contributed by atoms with Gasteiger partial charge in [-0.2, -0.15) is 9.38 Å². The lowest BCUT2D eigenvalue weighted by molar-refractivity contribution is -0.389. The summed E-state index contributed by atoms with van der Waals surface area (Å²) in [5.74, 6) is 1.70. The van der Waals surface area contributed by atoms with Crippen molar-refractivity contribution in [1.29, 1.82) is 0 Å². The normalized spacial score (nSPS) is 10.6. The molecule has 0 fully saturated rings. The molecule has 3 rings (SSSR count). The summed E-state index contributed by atoms with van der Waals surface area (Å²) in [7, 11) is 4.61. The number of aromatic nitrogens is 2. The molecule has 0 aliphatic heterocycles. The number of ether oxygens (including phenoxy) is 3. The molecular weight excluding hydrogens is 340 g/mol. The van der Waals surface area contributed by atoms with E-state index in [1.54, 1.807) is 36.5 Å². The lowest BCUT2D eigenvalue weighted by Gasteiger charge is -2.14. The van der Waals surface area contributed by atoms with Crippen LogP contribution in [0.2, 0.25) is 0 Å². The van der Waals surface area contributed by atoms with E-state index in [9.17, 15) is 10.1 Å². The van der Waals surface area contributed by atoms with Gasteiger partial charge in [-0.15, -0.1) is 0 Å². The first kappa shape index (κ1) is 17.3. The van der Waals surface area contributed by atoms with Crippen LogP contribution in [0.1, 0.15) is 5.56 Å². The monoisotopic (exact) mass is 358 g/mol. The number of hydrogen-bond donors (Lipinski definition) is 1. The molecule has 0 amide bonds. The minimum Gasteiger partial charge on any atom is -0.496 e. The van der Waals surface area contributed by atoms with Gasteiger partial charge in [0, 0.05) is 24.2 Å². The van der Waals surface area contributed by atoms with E-state index in [1.165, 1.54) is 25.7 Å². The zero-order chi connectivity index (χ0) is 18.7. The summed E-state index contributed by atoms with van der Waals surface area (Å²) in [6, 6.07) is 8.64. The van der Waals surface area contributed by atoms with E-state index < -0.39 is 4.92 Å². The van der Waals surface area contributed by atoms with Crippen LogP contribution in [0, 0.1) is 10.1 Å². The van der Waals surface area contributed by atoms with E-state index in [-0.39, 0.29) is 18.2 Å². The molecule has 136 valence electrons. The van der Waals surface area contributed by atoms with E-state index in [2.05, 4.69) is 10.3 Å². The number of hydrogen-bond acceptors (Lipinski definition) is 7. The molecule has 0 unspecified atom stereocenters. The van der Waals surface area contributed by atoms with Crippen molar-refractivity contribution in [3.63, 3.8) is 0 Å². The number of methoxy groups -OCH3 is 3. The van der Waals surface area contributed by atoms with Crippen LogP contribution < -0.4 is 19.5 Å². The Kier molecular flexibility index (Phi) is 4.78. The van der Waals surface area contributed by atoms with Crippen molar-refractivity contribution in [1.82, 2.24) is 9.38 Å². The van der Waals surface area contributed by atoms with Gasteiger partial charge in [-0.25, -0.2) is 0 Å². The Morgan fingerprint density at radius 2 is 1.81 bits per heavy atom. The number of rotatable bonds is 7. The zero-order valence-corrected chi connectivity index (χ0v) is 14.6. The third-order valence-electron chi connectivity index (χ3n) is 3.91. The van der Waals surface area contributed by atoms with Crippen molar-refractivity contribution < 1.29 is 19.1 Å².